The smallest absolute Gasteiger partial charge is 0.419 e. The summed E-state index contributed by atoms with van der Waals surface area (Å²) in [5.74, 6) is -1.71. The van der Waals surface area contributed by atoms with Gasteiger partial charge in [-0.2, -0.15) is 13.2 Å². The summed E-state index contributed by atoms with van der Waals surface area (Å²) >= 11 is 0. The largest absolute Gasteiger partial charge is 0.492 e. The number of alkyl halides is 3. The molecule has 1 aromatic heterocycles. The Morgan fingerprint density at radius 2 is 1.84 bits per heavy atom. The Bertz CT molecular complexity index is 1150. The molecule has 0 aliphatic heterocycles. The van der Waals surface area contributed by atoms with Crippen molar-refractivity contribution in [1.29, 1.82) is 0 Å². The van der Waals surface area contributed by atoms with Crippen LogP contribution in [0.2, 0.25) is 0 Å². The average Bonchev–Trinajstić information content (AvgIpc) is 3.05. The minimum atomic E-state index is -4.68. The van der Waals surface area contributed by atoms with Crippen LogP contribution in [0.15, 0.2) is 51.7 Å². The zero-order chi connectivity index (χ0) is 23.5. The molecule has 3 aromatic rings. The number of ether oxygens (including phenoxy) is 2. The van der Waals surface area contributed by atoms with Crippen LogP contribution in [0.1, 0.15) is 22.5 Å². The van der Waals surface area contributed by atoms with Gasteiger partial charge in [0.25, 0.3) is 0 Å². The number of H-pyrrole nitrogens is 1. The number of rotatable bonds is 7. The van der Waals surface area contributed by atoms with E-state index in [9.17, 15) is 27.9 Å². The number of aromatic nitrogens is 1. The zero-order valence-electron chi connectivity index (χ0n) is 16.7. The fourth-order valence-electron chi connectivity index (χ4n) is 3.00. The van der Waals surface area contributed by atoms with E-state index < -0.39 is 29.5 Å². The Labute approximate surface area is 179 Å². The molecule has 0 bridgehead atoms. The normalized spacial score (nSPS) is 12.4. The summed E-state index contributed by atoms with van der Waals surface area (Å²) in [5.41, 5.74) is 5.13. The van der Waals surface area contributed by atoms with E-state index in [1.807, 2.05) is 0 Å². The number of methoxy groups -OCH3 is 1. The molecule has 0 spiro atoms. The lowest BCUT2D eigenvalue weighted by Crippen LogP contribution is -2.34. The first kappa shape index (κ1) is 22.9. The summed E-state index contributed by atoms with van der Waals surface area (Å²) in [5, 5.41) is 9.56. The van der Waals surface area contributed by atoms with Crippen LogP contribution in [0.5, 0.6) is 17.4 Å². The fourth-order valence-corrected chi connectivity index (χ4v) is 3.00. The first-order valence-electron chi connectivity index (χ1n) is 9.28. The lowest BCUT2D eigenvalue weighted by atomic mass is 9.99. The molecule has 0 fully saturated rings. The number of carbonyl (C=O) groups is 1. The van der Waals surface area contributed by atoms with E-state index in [4.69, 9.17) is 14.9 Å². The van der Waals surface area contributed by atoms with E-state index >= 15 is 0 Å². The van der Waals surface area contributed by atoms with Gasteiger partial charge < -0.3 is 24.7 Å². The summed E-state index contributed by atoms with van der Waals surface area (Å²) in [4.78, 5) is 24.6. The SMILES string of the molecule is COC(=O)C(N)Cc1ccc(Oc2ccc(Cc3oc(=O)[nH]c3O)cc2)cc1C(F)(F)F. The molecule has 0 aliphatic rings. The van der Waals surface area contributed by atoms with Crippen molar-refractivity contribution in [1.82, 2.24) is 4.98 Å². The van der Waals surface area contributed by atoms with Crippen LogP contribution in [0, 0.1) is 0 Å². The van der Waals surface area contributed by atoms with E-state index in [1.165, 1.54) is 24.3 Å². The molecular formula is C21H19F3N2O6. The maximum atomic E-state index is 13.5. The number of oxazole rings is 1. The number of benzene rings is 2. The van der Waals surface area contributed by atoms with Crippen molar-refractivity contribution in [3.05, 3.63) is 75.5 Å². The van der Waals surface area contributed by atoms with Gasteiger partial charge in [0.1, 0.15) is 17.5 Å². The van der Waals surface area contributed by atoms with Crippen LogP contribution < -0.4 is 16.2 Å². The molecule has 0 aliphatic carbocycles. The maximum absolute atomic E-state index is 13.5. The van der Waals surface area contributed by atoms with E-state index in [-0.39, 0.29) is 41.5 Å². The summed E-state index contributed by atoms with van der Waals surface area (Å²) in [6.07, 6.45) is -4.91. The quantitative estimate of drug-likeness (QED) is 0.470. The molecule has 1 heterocycles. The average molecular weight is 452 g/mol. The van der Waals surface area contributed by atoms with Crippen molar-refractivity contribution in [3.63, 3.8) is 0 Å². The summed E-state index contributed by atoms with van der Waals surface area (Å²) in [6.45, 7) is 0. The van der Waals surface area contributed by atoms with E-state index in [1.54, 1.807) is 12.1 Å². The van der Waals surface area contributed by atoms with Crippen LogP contribution in [0.4, 0.5) is 13.2 Å². The van der Waals surface area contributed by atoms with Gasteiger partial charge in [-0.25, -0.2) is 4.79 Å². The lowest BCUT2D eigenvalue weighted by Gasteiger charge is -2.17. The highest BCUT2D eigenvalue weighted by molar-refractivity contribution is 5.75. The molecule has 11 heteroatoms. The number of nitrogens with one attached hydrogen (secondary N) is 1. The van der Waals surface area contributed by atoms with Crippen molar-refractivity contribution in [2.45, 2.75) is 25.1 Å². The third-order valence-electron chi connectivity index (χ3n) is 4.55. The predicted molar refractivity (Wildman–Crippen MR) is 105 cm³/mol. The highest BCUT2D eigenvalue weighted by atomic mass is 19.4. The van der Waals surface area contributed by atoms with Crippen molar-refractivity contribution < 1.29 is 37.0 Å². The number of aromatic amines is 1. The highest BCUT2D eigenvalue weighted by Crippen LogP contribution is 2.36. The second-order valence-electron chi connectivity index (χ2n) is 6.86. The Morgan fingerprint density at radius 1 is 1.19 bits per heavy atom. The van der Waals surface area contributed by atoms with Gasteiger partial charge in [-0.15, -0.1) is 0 Å². The Morgan fingerprint density at radius 3 is 2.41 bits per heavy atom. The maximum Gasteiger partial charge on any atom is 0.419 e. The number of esters is 1. The summed E-state index contributed by atoms with van der Waals surface area (Å²) < 4.78 is 55.4. The Hall–Kier alpha value is -3.73. The van der Waals surface area contributed by atoms with Crippen LogP contribution in [0.3, 0.4) is 0 Å². The molecular weight excluding hydrogens is 433 g/mol. The predicted octanol–water partition coefficient (Wildman–Crippen LogP) is 3.12. The third-order valence-corrected chi connectivity index (χ3v) is 4.55. The number of hydrogen-bond donors (Lipinski definition) is 3. The van der Waals surface area contributed by atoms with Gasteiger partial charge in [0.2, 0.25) is 5.88 Å². The summed E-state index contributed by atoms with van der Waals surface area (Å²) in [7, 11) is 1.10. The van der Waals surface area contributed by atoms with Crippen molar-refractivity contribution in [2.75, 3.05) is 7.11 Å². The van der Waals surface area contributed by atoms with Crippen LogP contribution in [-0.4, -0.2) is 29.2 Å². The first-order valence-corrected chi connectivity index (χ1v) is 9.28. The number of aromatic hydroxyl groups is 1. The third kappa shape index (κ3) is 5.49. The van der Waals surface area contributed by atoms with Crippen LogP contribution in [-0.2, 0) is 28.5 Å². The van der Waals surface area contributed by atoms with Gasteiger partial charge in [0.15, 0.2) is 5.76 Å². The first-order chi connectivity index (χ1) is 15.1. The van der Waals surface area contributed by atoms with E-state index in [0.717, 1.165) is 13.2 Å². The molecule has 32 heavy (non-hydrogen) atoms. The van der Waals surface area contributed by atoms with Crippen molar-refractivity contribution >= 4 is 5.97 Å². The standard InChI is InChI=1S/C21H19F3N2O6/c1-30-19(28)16(25)9-12-4-7-14(10-15(12)21(22,23)24)31-13-5-2-11(3-6-13)8-17-18(27)26-20(29)32-17/h2-7,10,16,27H,8-9,25H2,1H3,(H,26,29). The molecule has 0 radical (unpaired) electrons. The fraction of sp³-hybridized carbons (Fsp3) is 0.238. The van der Waals surface area contributed by atoms with E-state index in [0.29, 0.717) is 5.56 Å². The molecule has 0 saturated carbocycles. The van der Waals surface area contributed by atoms with Gasteiger partial charge in [0.05, 0.1) is 12.7 Å². The molecule has 1 unspecified atom stereocenters. The zero-order valence-corrected chi connectivity index (χ0v) is 16.7. The van der Waals surface area contributed by atoms with Crippen molar-refractivity contribution in [3.8, 4) is 17.4 Å². The van der Waals surface area contributed by atoms with Gasteiger partial charge in [-0.05, 0) is 41.8 Å². The number of hydrogen-bond acceptors (Lipinski definition) is 7. The molecule has 0 amide bonds. The van der Waals surface area contributed by atoms with Crippen molar-refractivity contribution in [2.24, 2.45) is 5.73 Å². The lowest BCUT2D eigenvalue weighted by molar-refractivity contribution is -0.143. The molecule has 0 saturated heterocycles. The summed E-state index contributed by atoms with van der Waals surface area (Å²) in [6, 6.07) is 8.40. The second-order valence-corrected chi connectivity index (χ2v) is 6.86. The highest BCUT2D eigenvalue weighted by Gasteiger charge is 2.34. The molecule has 3 rings (SSSR count). The van der Waals surface area contributed by atoms with Gasteiger partial charge in [-0.3, -0.25) is 9.78 Å². The topological polar surface area (TPSA) is 128 Å². The minimum absolute atomic E-state index is 0.0549. The molecule has 2 aromatic carbocycles. The van der Waals surface area contributed by atoms with Gasteiger partial charge >= 0.3 is 17.9 Å². The number of carbonyl (C=O) groups excluding carboxylic acids is 1. The number of halogens is 3. The molecule has 8 nitrogen and oxygen atoms in total. The molecule has 170 valence electrons. The molecule has 4 N–H and O–H groups in total. The van der Waals surface area contributed by atoms with Gasteiger partial charge in [-0.1, -0.05) is 18.2 Å². The van der Waals surface area contributed by atoms with Crippen LogP contribution in [0.25, 0.3) is 0 Å². The Kier molecular flexibility index (Phi) is 6.58. The minimum Gasteiger partial charge on any atom is -0.492 e. The van der Waals surface area contributed by atoms with Gasteiger partial charge in [0, 0.05) is 6.42 Å². The van der Waals surface area contributed by atoms with E-state index in [2.05, 4.69) is 9.72 Å². The molecule has 1 atom stereocenters. The Balaban J connectivity index is 1.77. The second kappa shape index (κ2) is 9.18. The number of nitrogens with two attached hydrogens (primary N) is 1. The van der Waals surface area contributed by atoms with Crippen LogP contribution >= 0.6 is 0 Å². The monoisotopic (exact) mass is 452 g/mol.